The number of rotatable bonds is 6. The summed E-state index contributed by atoms with van der Waals surface area (Å²) in [7, 11) is 1.69. The summed E-state index contributed by atoms with van der Waals surface area (Å²) in [5.74, 6) is 1.91. The van der Waals surface area contributed by atoms with Crippen molar-refractivity contribution in [3.05, 3.63) is 54.0 Å². The fourth-order valence-electron chi connectivity index (χ4n) is 4.77. The molecular weight excluding hydrogens is 364 g/mol. The van der Waals surface area contributed by atoms with Crippen LogP contribution in [0.2, 0.25) is 0 Å². The van der Waals surface area contributed by atoms with E-state index in [0.717, 1.165) is 41.6 Å². The van der Waals surface area contributed by atoms with Gasteiger partial charge in [-0.05, 0) is 42.5 Å². The van der Waals surface area contributed by atoms with Gasteiger partial charge in [-0.25, -0.2) is 9.97 Å². The fraction of sp³-hybridized carbons (Fsp3) is 0.391. The minimum absolute atomic E-state index is 0.264. The van der Waals surface area contributed by atoms with Crippen LogP contribution in [-0.2, 0) is 11.3 Å². The smallest absolute Gasteiger partial charge is 0.159 e. The predicted octanol–water partition coefficient (Wildman–Crippen LogP) is 4.94. The Labute approximate surface area is 169 Å². The highest BCUT2D eigenvalue weighted by Crippen LogP contribution is 2.45. The van der Waals surface area contributed by atoms with Gasteiger partial charge in [-0.3, -0.25) is 5.10 Å². The van der Waals surface area contributed by atoms with Gasteiger partial charge in [0.15, 0.2) is 5.65 Å². The van der Waals surface area contributed by atoms with Crippen LogP contribution in [0.1, 0.15) is 43.4 Å². The van der Waals surface area contributed by atoms with Crippen molar-refractivity contribution in [1.82, 2.24) is 20.2 Å². The van der Waals surface area contributed by atoms with Crippen molar-refractivity contribution in [2.75, 3.05) is 7.11 Å². The third-order valence-corrected chi connectivity index (χ3v) is 6.33. The van der Waals surface area contributed by atoms with Gasteiger partial charge in [0.05, 0.1) is 31.5 Å². The summed E-state index contributed by atoms with van der Waals surface area (Å²) in [6, 6.07) is 10.2. The van der Waals surface area contributed by atoms with Crippen LogP contribution in [0.15, 0.2) is 42.7 Å². The molecule has 6 nitrogen and oxygen atoms in total. The molecule has 6 heteroatoms. The van der Waals surface area contributed by atoms with Crippen molar-refractivity contribution in [2.45, 2.75) is 44.8 Å². The lowest BCUT2D eigenvalue weighted by Gasteiger charge is -2.16. The molecule has 1 fully saturated rings. The van der Waals surface area contributed by atoms with Crippen molar-refractivity contribution in [1.29, 1.82) is 0 Å². The predicted molar refractivity (Wildman–Crippen MR) is 113 cm³/mol. The molecule has 29 heavy (non-hydrogen) atoms. The molecule has 1 aliphatic rings. The molecule has 3 heterocycles. The quantitative estimate of drug-likeness (QED) is 0.489. The number of ether oxygens (including phenoxy) is 2. The van der Waals surface area contributed by atoms with E-state index in [1.54, 1.807) is 7.11 Å². The second-order valence-electron chi connectivity index (χ2n) is 7.92. The van der Waals surface area contributed by atoms with Crippen LogP contribution in [0.4, 0.5) is 0 Å². The highest BCUT2D eigenvalue weighted by molar-refractivity contribution is 6.04. The summed E-state index contributed by atoms with van der Waals surface area (Å²) >= 11 is 0. The van der Waals surface area contributed by atoms with E-state index in [-0.39, 0.29) is 6.10 Å². The number of methoxy groups -OCH3 is 1. The van der Waals surface area contributed by atoms with E-state index < -0.39 is 0 Å². The summed E-state index contributed by atoms with van der Waals surface area (Å²) in [6.45, 7) is 2.91. The van der Waals surface area contributed by atoms with Gasteiger partial charge < -0.3 is 14.6 Å². The molecule has 5 rings (SSSR count). The normalized spacial score (nSPS) is 21.9. The molecule has 0 aliphatic heterocycles. The van der Waals surface area contributed by atoms with Crippen LogP contribution in [0, 0.1) is 5.92 Å². The van der Waals surface area contributed by atoms with Crippen LogP contribution in [0.5, 0.6) is 5.75 Å². The Kier molecular flexibility index (Phi) is 4.72. The minimum Gasteiger partial charge on any atom is -0.497 e. The number of hydrogen-bond acceptors (Lipinski definition) is 4. The van der Waals surface area contributed by atoms with Gasteiger partial charge in [0.2, 0.25) is 0 Å². The second kappa shape index (κ2) is 7.52. The first kappa shape index (κ1) is 18.2. The van der Waals surface area contributed by atoms with Gasteiger partial charge in [-0.15, -0.1) is 0 Å². The molecule has 1 aromatic carbocycles. The molecule has 0 radical (unpaired) electrons. The number of benzene rings is 1. The number of pyridine rings is 1. The maximum atomic E-state index is 6.32. The molecule has 0 saturated heterocycles. The first-order valence-electron chi connectivity index (χ1n) is 10.3. The zero-order valence-electron chi connectivity index (χ0n) is 16.8. The summed E-state index contributed by atoms with van der Waals surface area (Å²) < 4.78 is 11.6. The Morgan fingerprint density at radius 2 is 1.93 bits per heavy atom. The lowest BCUT2D eigenvalue weighted by atomic mass is 9.89. The molecule has 150 valence electrons. The van der Waals surface area contributed by atoms with Crippen LogP contribution < -0.4 is 4.74 Å². The van der Waals surface area contributed by atoms with E-state index in [2.05, 4.69) is 45.3 Å². The molecular formula is C23H26N4O2. The molecule has 2 N–H and O–H groups in total. The van der Waals surface area contributed by atoms with Gasteiger partial charge >= 0.3 is 0 Å². The summed E-state index contributed by atoms with van der Waals surface area (Å²) in [4.78, 5) is 8.82. The van der Waals surface area contributed by atoms with Gasteiger partial charge in [0.1, 0.15) is 5.75 Å². The van der Waals surface area contributed by atoms with E-state index in [4.69, 9.17) is 9.47 Å². The number of H-pyrrole nitrogens is 2. The number of nitrogens with one attached hydrogen (secondary N) is 2. The number of fused-ring (bicyclic) bond motifs is 3. The van der Waals surface area contributed by atoms with Crippen molar-refractivity contribution in [3.63, 3.8) is 0 Å². The van der Waals surface area contributed by atoms with E-state index in [0.29, 0.717) is 18.4 Å². The van der Waals surface area contributed by atoms with Crippen molar-refractivity contribution >= 4 is 21.9 Å². The fourth-order valence-corrected chi connectivity index (χ4v) is 4.77. The Morgan fingerprint density at radius 3 is 2.72 bits per heavy atom. The zero-order chi connectivity index (χ0) is 19.8. The molecule has 1 saturated carbocycles. The Hall–Kier alpha value is -2.86. The van der Waals surface area contributed by atoms with Crippen molar-refractivity contribution in [2.24, 2.45) is 5.92 Å². The summed E-state index contributed by atoms with van der Waals surface area (Å²) in [5.41, 5.74) is 4.29. The van der Waals surface area contributed by atoms with Crippen molar-refractivity contribution < 1.29 is 9.47 Å². The molecule has 3 aromatic heterocycles. The SMILES string of the molecule is CC[C@@H]1C[C@H](OCc2ccc(OC)cc2)C[C@H]1c1[nH][nH]c2cnc3nccc3c12. The topological polar surface area (TPSA) is 75.8 Å². The van der Waals surface area contributed by atoms with Crippen LogP contribution >= 0.6 is 0 Å². The van der Waals surface area contributed by atoms with E-state index in [1.807, 2.05) is 24.5 Å². The molecule has 4 aromatic rings. The van der Waals surface area contributed by atoms with E-state index >= 15 is 0 Å². The Balaban J connectivity index is 1.37. The lowest BCUT2D eigenvalue weighted by molar-refractivity contribution is 0.0423. The van der Waals surface area contributed by atoms with Crippen LogP contribution in [0.25, 0.3) is 21.9 Å². The molecule has 1 aliphatic carbocycles. The van der Waals surface area contributed by atoms with Crippen LogP contribution in [-0.4, -0.2) is 33.4 Å². The average Bonchev–Trinajstić information content (AvgIpc) is 3.48. The standard InChI is InChI=1S/C23H26N4O2/c1-3-15-10-17(29-13-14-4-6-16(28-2)7-5-14)11-19(15)22-21-18-8-9-24-23(18)25-12-20(21)26-27-22/h4-9,12,15,17,19,26-27H,3,10-11,13H2,1-2H3/t15-,17+,19-/m1/s1. The van der Waals surface area contributed by atoms with Gasteiger partial charge in [0.25, 0.3) is 0 Å². The van der Waals surface area contributed by atoms with Gasteiger partial charge in [0, 0.05) is 28.6 Å². The highest BCUT2D eigenvalue weighted by Gasteiger charge is 2.36. The van der Waals surface area contributed by atoms with E-state index in [9.17, 15) is 0 Å². The largest absolute Gasteiger partial charge is 0.497 e. The summed E-state index contributed by atoms with van der Waals surface area (Å²) in [5, 5.41) is 9.10. The first-order chi connectivity index (χ1) is 14.3. The summed E-state index contributed by atoms with van der Waals surface area (Å²) in [6.07, 6.45) is 7.22. The number of hydrogen-bond donors (Lipinski definition) is 2. The lowest BCUT2D eigenvalue weighted by Crippen LogP contribution is -2.08. The molecule has 0 unspecified atom stereocenters. The molecule has 0 amide bonds. The monoisotopic (exact) mass is 390 g/mol. The third kappa shape index (κ3) is 3.27. The first-order valence-corrected chi connectivity index (χ1v) is 10.3. The average molecular weight is 390 g/mol. The Morgan fingerprint density at radius 1 is 1.07 bits per heavy atom. The number of aromatic nitrogens is 4. The second-order valence-corrected chi connectivity index (χ2v) is 7.92. The highest BCUT2D eigenvalue weighted by atomic mass is 16.5. The Bertz CT molecular complexity index is 1120. The van der Waals surface area contributed by atoms with Crippen LogP contribution in [0.3, 0.4) is 0 Å². The maximum Gasteiger partial charge on any atom is 0.159 e. The molecule has 3 atom stereocenters. The van der Waals surface area contributed by atoms with Gasteiger partial charge in [-0.2, -0.15) is 0 Å². The van der Waals surface area contributed by atoms with Gasteiger partial charge in [-0.1, -0.05) is 25.5 Å². The zero-order valence-corrected chi connectivity index (χ0v) is 16.8. The maximum absolute atomic E-state index is 6.32. The minimum atomic E-state index is 0.264. The molecule has 0 spiro atoms. The number of nitrogens with zero attached hydrogens (tertiary/aromatic N) is 2. The molecule has 0 bridgehead atoms. The van der Waals surface area contributed by atoms with Crippen molar-refractivity contribution in [3.8, 4) is 5.75 Å². The van der Waals surface area contributed by atoms with E-state index in [1.165, 1.54) is 16.6 Å². The third-order valence-electron chi connectivity index (χ3n) is 6.33. The number of aromatic amines is 2.